The second kappa shape index (κ2) is 6.02. The van der Waals surface area contributed by atoms with Gasteiger partial charge in [0.05, 0.1) is 12.3 Å². The van der Waals surface area contributed by atoms with Crippen molar-refractivity contribution in [3.8, 4) is 0 Å². The molecule has 1 rings (SSSR count). The molecule has 0 saturated heterocycles. The van der Waals surface area contributed by atoms with Gasteiger partial charge in [-0.1, -0.05) is 6.58 Å². The minimum atomic E-state index is -0.207. The third-order valence-corrected chi connectivity index (χ3v) is 2.05. The lowest BCUT2D eigenvalue weighted by molar-refractivity contribution is 0.0957. The molecule has 4 heteroatoms. The molecule has 1 amide bonds. The Labute approximate surface area is 95.3 Å². The molecule has 86 valence electrons. The van der Waals surface area contributed by atoms with Crippen molar-refractivity contribution in [2.75, 3.05) is 13.7 Å². The van der Waals surface area contributed by atoms with Crippen LogP contribution in [0.15, 0.2) is 18.7 Å². The molecule has 16 heavy (non-hydrogen) atoms. The summed E-state index contributed by atoms with van der Waals surface area (Å²) in [6.45, 7) is 6.69. The zero-order valence-electron chi connectivity index (χ0n) is 9.62. The predicted molar refractivity (Wildman–Crippen MR) is 63.0 cm³/mol. The second-order valence-corrected chi connectivity index (χ2v) is 3.21. The first-order chi connectivity index (χ1) is 7.71. The van der Waals surface area contributed by atoms with E-state index in [-0.39, 0.29) is 5.91 Å². The third kappa shape index (κ3) is 3.17. The molecule has 0 aliphatic rings. The number of carbonyl (C=O) groups excluding carboxylic acids is 1. The van der Waals surface area contributed by atoms with Crippen LogP contribution in [-0.4, -0.2) is 24.5 Å². The van der Waals surface area contributed by atoms with Crippen LogP contribution in [0.2, 0.25) is 0 Å². The molecule has 0 atom stereocenters. The van der Waals surface area contributed by atoms with Crippen LogP contribution in [0.4, 0.5) is 0 Å². The van der Waals surface area contributed by atoms with Crippen LogP contribution in [0.3, 0.4) is 0 Å². The lowest BCUT2D eigenvalue weighted by atomic mass is 10.2. The summed E-state index contributed by atoms with van der Waals surface area (Å²) < 4.78 is 5.29. The Morgan fingerprint density at radius 2 is 2.38 bits per heavy atom. The molecule has 0 fully saturated rings. The first-order valence-electron chi connectivity index (χ1n) is 5.14. The Balaban J connectivity index is 3.00. The fourth-order valence-electron chi connectivity index (χ4n) is 1.26. The van der Waals surface area contributed by atoms with Crippen LogP contribution in [0.25, 0.3) is 6.08 Å². The molecule has 1 aromatic heterocycles. The van der Waals surface area contributed by atoms with Gasteiger partial charge in [-0.15, -0.1) is 0 Å². The normalized spacial score (nSPS) is 9.88. The Morgan fingerprint density at radius 1 is 1.62 bits per heavy atom. The highest BCUT2D eigenvalue weighted by Gasteiger charge is 2.07. The van der Waals surface area contributed by atoms with Gasteiger partial charge in [0.1, 0.15) is 5.69 Å². The van der Waals surface area contributed by atoms with Crippen LogP contribution in [0, 0.1) is 0 Å². The molecule has 0 radical (unpaired) electrons. The van der Waals surface area contributed by atoms with Gasteiger partial charge in [-0.25, -0.2) is 4.98 Å². The van der Waals surface area contributed by atoms with Crippen LogP contribution in [-0.2, 0) is 11.3 Å². The highest BCUT2D eigenvalue weighted by Crippen LogP contribution is 2.09. The summed E-state index contributed by atoms with van der Waals surface area (Å²) in [5.41, 5.74) is 1.98. The molecule has 0 aromatic carbocycles. The largest absolute Gasteiger partial charge is 0.377 e. The summed E-state index contributed by atoms with van der Waals surface area (Å²) in [7, 11) is 1.58. The lowest BCUT2D eigenvalue weighted by Crippen LogP contribution is -2.19. The maximum Gasteiger partial charge on any atom is 0.269 e. The van der Waals surface area contributed by atoms with Crippen molar-refractivity contribution in [2.45, 2.75) is 13.5 Å². The number of nitrogens with one attached hydrogen (secondary N) is 1. The number of rotatable bonds is 5. The summed E-state index contributed by atoms with van der Waals surface area (Å²) in [6.07, 6.45) is 1.61. The summed E-state index contributed by atoms with van der Waals surface area (Å²) >= 11 is 0. The number of hydrogen-bond donors (Lipinski definition) is 1. The molecular weight excluding hydrogens is 204 g/mol. The van der Waals surface area contributed by atoms with Crippen molar-refractivity contribution >= 4 is 12.0 Å². The molecule has 0 spiro atoms. The van der Waals surface area contributed by atoms with E-state index < -0.39 is 0 Å². The van der Waals surface area contributed by atoms with E-state index in [4.69, 9.17) is 4.74 Å². The molecule has 1 heterocycles. The van der Waals surface area contributed by atoms with Crippen molar-refractivity contribution < 1.29 is 9.53 Å². The van der Waals surface area contributed by atoms with E-state index in [9.17, 15) is 4.79 Å². The smallest absolute Gasteiger partial charge is 0.269 e. The highest BCUT2D eigenvalue weighted by atomic mass is 16.5. The van der Waals surface area contributed by atoms with Crippen molar-refractivity contribution in [3.05, 3.63) is 35.7 Å². The van der Waals surface area contributed by atoms with Crippen molar-refractivity contribution in [1.29, 1.82) is 0 Å². The van der Waals surface area contributed by atoms with Gasteiger partial charge >= 0.3 is 0 Å². The summed E-state index contributed by atoms with van der Waals surface area (Å²) in [5, 5.41) is 2.54. The second-order valence-electron chi connectivity index (χ2n) is 3.21. The predicted octanol–water partition coefficient (Wildman–Crippen LogP) is 1.62. The van der Waals surface area contributed by atoms with Gasteiger partial charge in [-0.05, 0) is 30.7 Å². The highest BCUT2D eigenvalue weighted by molar-refractivity contribution is 5.92. The molecule has 1 N–H and O–H groups in total. The Hall–Kier alpha value is -1.68. The van der Waals surface area contributed by atoms with Gasteiger partial charge in [0.15, 0.2) is 0 Å². The molecule has 4 nitrogen and oxygen atoms in total. The van der Waals surface area contributed by atoms with E-state index in [0.717, 1.165) is 5.56 Å². The summed E-state index contributed by atoms with van der Waals surface area (Å²) in [5.74, 6) is -0.207. The van der Waals surface area contributed by atoms with E-state index in [2.05, 4.69) is 16.9 Å². The van der Waals surface area contributed by atoms with Gasteiger partial charge in [0, 0.05) is 13.7 Å². The monoisotopic (exact) mass is 220 g/mol. The van der Waals surface area contributed by atoms with Crippen LogP contribution in [0.1, 0.15) is 28.7 Å². The van der Waals surface area contributed by atoms with Crippen molar-refractivity contribution in [3.63, 3.8) is 0 Å². The number of ether oxygens (including phenoxy) is 1. The zero-order valence-corrected chi connectivity index (χ0v) is 9.62. The van der Waals surface area contributed by atoms with Gasteiger partial charge in [-0.3, -0.25) is 4.79 Å². The number of aromatic nitrogens is 1. The Bertz CT molecular complexity index is 389. The quantitative estimate of drug-likeness (QED) is 0.820. The van der Waals surface area contributed by atoms with E-state index >= 15 is 0 Å². The zero-order chi connectivity index (χ0) is 12.0. The van der Waals surface area contributed by atoms with Gasteiger partial charge in [0.2, 0.25) is 0 Å². The lowest BCUT2D eigenvalue weighted by Gasteiger charge is -2.06. The Kier molecular flexibility index (Phi) is 4.66. The van der Waals surface area contributed by atoms with Gasteiger partial charge in [0.25, 0.3) is 5.91 Å². The van der Waals surface area contributed by atoms with Crippen molar-refractivity contribution in [1.82, 2.24) is 10.3 Å². The maximum atomic E-state index is 11.5. The van der Waals surface area contributed by atoms with E-state index in [0.29, 0.717) is 24.6 Å². The van der Waals surface area contributed by atoms with Crippen molar-refractivity contribution in [2.24, 2.45) is 0 Å². The minimum Gasteiger partial charge on any atom is -0.377 e. The fraction of sp³-hybridized carbons (Fsp3) is 0.333. The molecular formula is C12H16N2O2. The SMILES string of the molecule is C=Cc1cc(COCC)cc(C(=O)NC)n1. The van der Waals surface area contributed by atoms with Crippen LogP contribution < -0.4 is 5.32 Å². The average Bonchev–Trinajstić information content (AvgIpc) is 2.34. The number of nitrogens with zero attached hydrogens (tertiary/aromatic N) is 1. The summed E-state index contributed by atoms with van der Waals surface area (Å²) in [6, 6.07) is 3.58. The van der Waals surface area contributed by atoms with E-state index in [1.165, 1.54) is 0 Å². The van der Waals surface area contributed by atoms with Crippen LogP contribution >= 0.6 is 0 Å². The van der Waals surface area contributed by atoms with E-state index in [1.807, 2.05) is 13.0 Å². The number of carbonyl (C=O) groups is 1. The molecule has 0 aliphatic heterocycles. The first kappa shape index (κ1) is 12.4. The van der Waals surface area contributed by atoms with Gasteiger partial charge < -0.3 is 10.1 Å². The van der Waals surface area contributed by atoms with Crippen LogP contribution in [0.5, 0.6) is 0 Å². The Morgan fingerprint density at radius 3 is 2.94 bits per heavy atom. The van der Waals surface area contributed by atoms with E-state index in [1.54, 1.807) is 19.2 Å². The van der Waals surface area contributed by atoms with Gasteiger partial charge in [-0.2, -0.15) is 0 Å². The third-order valence-electron chi connectivity index (χ3n) is 2.05. The molecule has 0 aliphatic carbocycles. The minimum absolute atomic E-state index is 0.207. The number of pyridine rings is 1. The summed E-state index contributed by atoms with van der Waals surface area (Å²) in [4.78, 5) is 15.6. The number of hydrogen-bond acceptors (Lipinski definition) is 3. The topological polar surface area (TPSA) is 51.2 Å². The molecule has 0 unspecified atom stereocenters. The number of amides is 1. The molecule has 0 bridgehead atoms. The maximum absolute atomic E-state index is 11.5. The first-order valence-corrected chi connectivity index (χ1v) is 5.14. The molecule has 1 aromatic rings. The average molecular weight is 220 g/mol. The fourth-order valence-corrected chi connectivity index (χ4v) is 1.26. The molecule has 0 saturated carbocycles. The standard InChI is InChI=1S/C12H16N2O2/c1-4-10-6-9(8-16-5-2)7-11(14-10)12(15)13-3/h4,6-7H,1,5,8H2,2-3H3,(H,13,15).